The minimum absolute atomic E-state index is 0.369. The van der Waals surface area contributed by atoms with E-state index in [9.17, 15) is 0 Å². The summed E-state index contributed by atoms with van der Waals surface area (Å²) in [5, 5.41) is 9.40. The smallest absolute Gasteiger partial charge is 0.240 e. The molecule has 0 spiro atoms. The van der Waals surface area contributed by atoms with Crippen LogP contribution in [0.1, 0.15) is 6.92 Å². The van der Waals surface area contributed by atoms with Gasteiger partial charge in [-0.2, -0.15) is 0 Å². The Morgan fingerprint density at radius 1 is 1.10 bits per heavy atom. The van der Waals surface area contributed by atoms with E-state index >= 15 is 0 Å². The number of aromatic nitrogens is 2. The maximum atomic E-state index is 6.40. The fourth-order valence-corrected chi connectivity index (χ4v) is 4.37. The molecule has 1 aromatic heterocycles. The van der Waals surface area contributed by atoms with Gasteiger partial charge in [-0.15, -0.1) is 5.10 Å². The lowest BCUT2D eigenvalue weighted by atomic mass is 10.2. The highest BCUT2D eigenvalue weighted by Crippen LogP contribution is 2.40. The molecule has 1 heterocycles. The van der Waals surface area contributed by atoms with Crippen LogP contribution in [0.4, 0.5) is 5.69 Å². The molecule has 3 rings (SSSR count). The second kappa shape index (κ2) is 10.1. The lowest BCUT2D eigenvalue weighted by Gasteiger charge is -2.15. The molecule has 0 bridgehead atoms. The average molecular weight is 482 g/mol. The molecule has 0 aliphatic heterocycles. The third-order valence-corrected chi connectivity index (χ3v) is 6.96. The molecule has 2 aromatic carbocycles. The summed E-state index contributed by atoms with van der Waals surface area (Å²) in [6, 6.07) is 10.3. The van der Waals surface area contributed by atoms with Gasteiger partial charge in [0.1, 0.15) is 12.5 Å². The summed E-state index contributed by atoms with van der Waals surface area (Å²) in [7, 11) is 0.462. The van der Waals surface area contributed by atoms with Crippen LogP contribution in [0.2, 0.25) is 35.7 Å². The van der Waals surface area contributed by atoms with Crippen LogP contribution >= 0.6 is 23.2 Å². The molecule has 168 valence electrons. The lowest BCUT2D eigenvalue weighted by Crippen LogP contribution is -2.22. The first-order valence-electron chi connectivity index (χ1n) is 10.2. The lowest BCUT2D eigenvalue weighted by molar-refractivity contribution is 0.0807. The Bertz CT molecular complexity index is 1030. The summed E-state index contributed by atoms with van der Waals surface area (Å²) in [4.78, 5) is 0. The van der Waals surface area contributed by atoms with Gasteiger partial charge in [-0.25, -0.2) is 4.68 Å². The van der Waals surface area contributed by atoms with Crippen molar-refractivity contribution in [1.29, 1.82) is 0 Å². The van der Waals surface area contributed by atoms with E-state index in [0.717, 1.165) is 35.8 Å². The van der Waals surface area contributed by atoms with Crippen molar-refractivity contribution in [2.24, 2.45) is 0 Å². The predicted octanol–water partition coefficient (Wildman–Crippen LogP) is 6.89. The highest BCUT2D eigenvalue weighted by molar-refractivity contribution is 6.76. The molecule has 0 unspecified atom stereocenters. The van der Waals surface area contributed by atoms with E-state index in [1.54, 1.807) is 23.9 Å². The number of rotatable bonds is 10. The van der Waals surface area contributed by atoms with Crippen LogP contribution in [0, 0.1) is 0 Å². The van der Waals surface area contributed by atoms with Crippen molar-refractivity contribution in [2.45, 2.75) is 39.3 Å². The second-order valence-corrected chi connectivity index (χ2v) is 14.9. The number of nitrogens with one attached hydrogen (secondary N) is 1. The van der Waals surface area contributed by atoms with E-state index in [0.29, 0.717) is 34.2 Å². The number of fused-ring (bicyclic) bond motifs is 1. The minimum Gasteiger partial charge on any atom is -0.479 e. The maximum Gasteiger partial charge on any atom is 0.240 e. The van der Waals surface area contributed by atoms with Crippen LogP contribution < -0.4 is 14.8 Å². The third kappa shape index (κ3) is 6.07. The van der Waals surface area contributed by atoms with Crippen LogP contribution in [-0.2, 0) is 11.5 Å². The molecule has 0 fully saturated rings. The van der Waals surface area contributed by atoms with Gasteiger partial charge in [0.05, 0.1) is 28.1 Å². The van der Waals surface area contributed by atoms with Crippen LogP contribution in [0.3, 0.4) is 0 Å². The Labute approximate surface area is 194 Å². The van der Waals surface area contributed by atoms with Crippen molar-refractivity contribution in [3.63, 3.8) is 0 Å². The molecule has 9 heteroatoms. The van der Waals surface area contributed by atoms with Gasteiger partial charge in [0, 0.05) is 26.9 Å². The minimum atomic E-state index is -1.13. The van der Waals surface area contributed by atoms with Gasteiger partial charge in [0.2, 0.25) is 5.88 Å². The van der Waals surface area contributed by atoms with E-state index in [-0.39, 0.29) is 0 Å². The number of hydrogen-bond acceptors (Lipinski definition) is 5. The molecular weight excluding hydrogens is 453 g/mol. The first-order valence-corrected chi connectivity index (χ1v) is 14.7. The zero-order chi connectivity index (χ0) is 22.6. The predicted molar refractivity (Wildman–Crippen MR) is 131 cm³/mol. The summed E-state index contributed by atoms with van der Waals surface area (Å²) in [5.41, 5.74) is 1.74. The van der Waals surface area contributed by atoms with Crippen molar-refractivity contribution < 1.29 is 14.2 Å². The molecular formula is C22H29Cl2N3O3Si. The van der Waals surface area contributed by atoms with Gasteiger partial charge in [-0.1, -0.05) is 42.8 Å². The van der Waals surface area contributed by atoms with E-state index in [1.807, 2.05) is 25.1 Å². The SMILES string of the molecule is CCNc1cc(Cl)c(Oc2ccc3c(c2)c(OC)nn3COCC[Si](C)(C)C)c(Cl)c1. The van der Waals surface area contributed by atoms with Crippen LogP contribution in [-0.4, -0.2) is 38.1 Å². The largest absolute Gasteiger partial charge is 0.479 e. The number of nitrogens with zero attached hydrogens (tertiary/aromatic N) is 2. The Morgan fingerprint density at radius 2 is 1.81 bits per heavy atom. The molecule has 0 aliphatic carbocycles. The van der Waals surface area contributed by atoms with Crippen LogP contribution in [0.15, 0.2) is 30.3 Å². The highest BCUT2D eigenvalue weighted by atomic mass is 35.5. The Hall–Kier alpha value is -1.93. The van der Waals surface area contributed by atoms with Crippen molar-refractivity contribution in [3.8, 4) is 17.4 Å². The fraction of sp³-hybridized carbons (Fsp3) is 0.409. The Kier molecular flexibility index (Phi) is 7.75. The fourth-order valence-electron chi connectivity index (χ4n) is 3.05. The van der Waals surface area contributed by atoms with E-state index < -0.39 is 8.07 Å². The first-order chi connectivity index (χ1) is 14.7. The number of benzene rings is 2. The topological polar surface area (TPSA) is 57.5 Å². The zero-order valence-electron chi connectivity index (χ0n) is 18.6. The van der Waals surface area contributed by atoms with E-state index in [1.165, 1.54) is 0 Å². The summed E-state index contributed by atoms with van der Waals surface area (Å²) in [6.07, 6.45) is 0. The summed E-state index contributed by atoms with van der Waals surface area (Å²) >= 11 is 12.8. The average Bonchev–Trinajstić information content (AvgIpc) is 3.05. The normalized spacial score (nSPS) is 11.7. The van der Waals surface area contributed by atoms with Gasteiger partial charge < -0.3 is 19.5 Å². The molecule has 0 atom stereocenters. The quantitative estimate of drug-likeness (QED) is 0.252. The molecule has 0 aliphatic rings. The zero-order valence-corrected chi connectivity index (χ0v) is 21.1. The van der Waals surface area contributed by atoms with Gasteiger partial charge >= 0.3 is 0 Å². The number of ether oxygens (including phenoxy) is 3. The van der Waals surface area contributed by atoms with Gasteiger partial charge in [-0.3, -0.25) is 0 Å². The van der Waals surface area contributed by atoms with Crippen LogP contribution in [0.5, 0.6) is 17.4 Å². The molecule has 31 heavy (non-hydrogen) atoms. The molecule has 1 N–H and O–H groups in total. The summed E-state index contributed by atoms with van der Waals surface area (Å²) < 4.78 is 19.1. The third-order valence-electron chi connectivity index (χ3n) is 4.69. The van der Waals surface area contributed by atoms with Gasteiger partial charge in [0.25, 0.3) is 0 Å². The Balaban J connectivity index is 1.81. The maximum absolute atomic E-state index is 6.40. The summed E-state index contributed by atoms with van der Waals surface area (Å²) in [6.45, 7) is 10.9. The first kappa shape index (κ1) is 23.7. The second-order valence-electron chi connectivity index (χ2n) is 8.44. The number of halogens is 2. The van der Waals surface area contributed by atoms with Crippen molar-refractivity contribution in [1.82, 2.24) is 9.78 Å². The molecule has 3 aromatic rings. The summed E-state index contributed by atoms with van der Waals surface area (Å²) in [5.74, 6) is 1.50. The van der Waals surface area contributed by atoms with Gasteiger partial charge in [-0.05, 0) is 43.3 Å². The number of anilines is 1. The molecule has 0 saturated heterocycles. The van der Waals surface area contributed by atoms with Crippen molar-refractivity contribution >= 4 is 47.9 Å². The van der Waals surface area contributed by atoms with E-state index in [2.05, 4.69) is 30.1 Å². The van der Waals surface area contributed by atoms with E-state index in [4.69, 9.17) is 37.4 Å². The molecule has 0 amide bonds. The number of hydrogen-bond donors (Lipinski definition) is 1. The molecule has 6 nitrogen and oxygen atoms in total. The molecule has 0 radical (unpaired) electrons. The van der Waals surface area contributed by atoms with Gasteiger partial charge in [0.15, 0.2) is 5.75 Å². The standard InChI is InChI=1S/C22H29Cl2N3O3Si/c1-6-25-15-11-18(23)21(19(24)12-15)30-16-7-8-20-17(13-16)22(28-2)26-27(20)14-29-9-10-31(3,4)5/h7-8,11-13,25H,6,9-10,14H2,1-5H3. The van der Waals surface area contributed by atoms with Crippen molar-refractivity contribution in [3.05, 3.63) is 40.4 Å². The monoisotopic (exact) mass is 481 g/mol. The van der Waals surface area contributed by atoms with Crippen molar-refractivity contribution in [2.75, 3.05) is 25.6 Å². The van der Waals surface area contributed by atoms with Crippen LogP contribution in [0.25, 0.3) is 10.9 Å². The highest BCUT2D eigenvalue weighted by Gasteiger charge is 2.16. The molecule has 0 saturated carbocycles. The Morgan fingerprint density at radius 3 is 2.42 bits per heavy atom. The number of methoxy groups -OCH3 is 1.